The van der Waals surface area contributed by atoms with E-state index in [4.69, 9.17) is 18.2 Å². The first-order valence-corrected chi connectivity index (χ1v) is 15.8. The van der Waals surface area contributed by atoms with Crippen LogP contribution in [0.2, 0.25) is 0 Å². The smallest absolute Gasteiger partial charge is 0.354 e. The summed E-state index contributed by atoms with van der Waals surface area (Å²) < 4.78 is 37.1. The average molecular weight is 613 g/mol. The summed E-state index contributed by atoms with van der Waals surface area (Å²) in [4.78, 5) is 17.8. The summed E-state index contributed by atoms with van der Waals surface area (Å²) in [5.74, 6) is 3.08. The van der Waals surface area contributed by atoms with Crippen molar-refractivity contribution in [3.63, 3.8) is 0 Å². The molecule has 5 aromatic rings. The zero-order valence-electron chi connectivity index (χ0n) is 24.7. The topological polar surface area (TPSA) is 118 Å². The number of aryl methyl sites for hydroxylation is 1. The molecule has 1 N–H and O–H groups in total. The molecular weight excluding hydrogens is 579 g/mol. The van der Waals surface area contributed by atoms with E-state index in [-0.39, 0.29) is 31.5 Å². The zero-order chi connectivity index (χ0) is 30.9. The molecule has 0 aliphatic carbocycles. The Kier molecular flexibility index (Phi) is 9.86. The number of carbonyl (C=O) groups excluding carboxylic acids is 1. The van der Waals surface area contributed by atoms with Crippen LogP contribution in [-0.2, 0) is 20.2 Å². The lowest BCUT2D eigenvalue weighted by Crippen LogP contribution is -2.13. The molecular formula is C33H33N4O6P. The number of anilines is 1. The second-order valence-corrected chi connectivity index (χ2v) is 11.5. The van der Waals surface area contributed by atoms with Crippen molar-refractivity contribution in [1.29, 1.82) is 0 Å². The summed E-state index contributed by atoms with van der Waals surface area (Å²) in [7, 11) is -3.47. The highest BCUT2D eigenvalue weighted by Gasteiger charge is 2.20. The number of benzene rings is 3. The maximum absolute atomic E-state index is 13.2. The lowest BCUT2D eigenvalue weighted by atomic mass is 10.2. The molecule has 0 aliphatic heterocycles. The highest BCUT2D eigenvalue weighted by Crippen LogP contribution is 2.50. The van der Waals surface area contributed by atoms with Gasteiger partial charge in [0, 0.05) is 28.7 Å². The third-order valence-electron chi connectivity index (χ3n) is 6.46. The SMILES string of the molecule is CCOP(=O)(C=Cc1cn(-c2ccccc2)nc1NC(=O)c1ccc(OCc2nc(-c3ccccc3)oc2C)cc1)OCC. The van der Waals surface area contributed by atoms with E-state index in [1.165, 1.54) is 5.82 Å². The van der Waals surface area contributed by atoms with Crippen LogP contribution >= 0.6 is 7.60 Å². The number of hydrogen-bond acceptors (Lipinski definition) is 8. The number of hydrogen-bond donors (Lipinski definition) is 1. The second kappa shape index (κ2) is 14.1. The van der Waals surface area contributed by atoms with E-state index in [1.807, 2.05) is 67.6 Å². The van der Waals surface area contributed by atoms with Crippen LogP contribution < -0.4 is 10.1 Å². The molecule has 11 heteroatoms. The standard InChI is InChI=1S/C33H33N4O6P/c1-4-41-44(39,42-5-2)21-20-27-22-37(28-14-10-7-11-15-28)36-31(27)35-32(38)25-16-18-29(19-17-25)40-23-30-24(3)43-33(34-30)26-12-8-6-9-13-26/h6-22H,4-5,23H2,1-3H3,(H,35,36,38). The Bertz CT molecular complexity index is 1760. The number of rotatable bonds is 13. The van der Waals surface area contributed by atoms with Gasteiger partial charge in [0.25, 0.3) is 5.91 Å². The van der Waals surface area contributed by atoms with Crippen LogP contribution in [0.15, 0.2) is 101 Å². The van der Waals surface area contributed by atoms with E-state index in [0.717, 1.165) is 11.3 Å². The molecule has 0 fully saturated rings. The van der Waals surface area contributed by atoms with Crippen LogP contribution in [0.4, 0.5) is 5.82 Å². The minimum Gasteiger partial charge on any atom is -0.487 e. The van der Waals surface area contributed by atoms with Crippen molar-refractivity contribution in [2.45, 2.75) is 27.4 Å². The maximum atomic E-state index is 13.2. The van der Waals surface area contributed by atoms with E-state index in [2.05, 4.69) is 15.4 Å². The van der Waals surface area contributed by atoms with E-state index in [0.29, 0.717) is 34.2 Å². The molecule has 0 radical (unpaired) electrons. The number of carbonyl (C=O) groups is 1. The predicted octanol–water partition coefficient (Wildman–Crippen LogP) is 7.90. The first kappa shape index (κ1) is 30.7. The average Bonchev–Trinajstić information content (AvgIpc) is 3.63. The number of nitrogens with one attached hydrogen (secondary N) is 1. The monoisotopic (exact) mass is 612 g/mol. The van der Waals surface area contributed by atoms with Gasteiger partial charge in [-0.2, -0.15) is 0 Å². The van der Waals surface area contributed by atoms with Gasteiger partial charge in [0.15, 0.2) is 5.82 Å². The number of ether oxygens (including phenoxy) is 1. The van der Waals surface area contributed by atoms with Gasteiger partial charge in [-0.1, -0.05) is 36.4 Å². The summed E-state index contributed by atoms with van der Waals surface area (Å²) in [6, 6.07) is 25.9. The van der Waals surface area contributed by atoms with Gasteiger partial charge >= 0.3 is 7.60 Å². The molecule has 0 unspecified atom stereocenters. The van der Waals surface area contributed by atoms with E-state index >= 15 is 0 Å². The molecule has 0 aliphatic rings. The molecule has 0 atom stereocenters. The number of para-hydroxylation sites is 1. The van der Waals surface area contributed by atoms with Gasteiger partial charge in [-0.05, 0) is 75.4 Å². The van der Waals surface area contributed by atoms with Gasteiger partial charge in [-0.3, -0.25) is 9.36 Å². The minimum absolute atomic E-state index is 0.216. The quantitative estimate of drug-likeness (QED) is 0.133. The molecule has 1 amide bonds. The van der Waals surface area contributed by atoms with Gasteiger partial charge in [0.05, 0.1) is 18.9 Å². The number of aromatic nitrogens is 3. The molecule has 0 saturated carbocycles. The summed E-state index contributed by atoms with van der Waals surface area (Å²) in [5.41, 5.74) is 3.31. The van der Waals surface area contributed by atoms with Crippen molar-refractivity contribution in [2.24, 2.45) is 0 Å². The first-order chi connectivity index (χ1) is 21.4. The molecule has 2 heterocycles. The fourth-order valence-electron chi connectivity index (χ4n) is 4.27. The van der Waals surface area contributed by atoms with Gasteiger partial charge < -0.3 is 23.5 Å². The van der Waals surface area contributed by atoms with E-state index in [9.17, 15) is 9.36 Å². The van der Waals surface area contributed by atoms with Crippen LogP contribution in [0.25, 0.3) is 23.2 Å². The van der Waals surface area contributed by atoms with Crippen LogP contribution in [0.1, 0.15) is 41.2 Å². The maximum Gasteiger partial charge on any atom is 0.354 e. The van der Waals surface area contributed by atoms with E-state index < -0.39 is 7.60 Å². The second-order valence-electron chi connectivity index (χ2n) is 9.56. The number of amides is 1. The summed E-state index contributed by atoms with van der Waals surface area (Å²) in [6.45, 7) is 5.99. The van der Waals surface area contributed by atoms with Crippen LogP contribution in [-0.4, -0.2) is 33.9 Å². The van der Waals surface area contributed by atoms with Crippen LogP contribution in [0.5, 0.6) is 5.75 Å². The molecule has 44 heavy (non-hydrogen) atoms. The number of oxazole rings is 1. The largest absolute Gasteiger partial charge is 0.487 e. The zero-order valence-corrected chi connectivity index (χ0v) is 25.6. The van der Waals surface area contributed by atoms with Crippen LogP contribution in [0.3, 0.4) is 0 Å². The van der Waals surface area contributed by atoms with Gasteiger partial charge in [-0.25, -0.2) is 9.67 Å². The number of nitrogens with zero attached hydrogens (tertiary/aromatic N) is 3. The normalized spacial score (nSPS) is 11.6. The van der Waals surface area contributed by atoms with Gasteiger partial charge in [0.1, 0.15) is 23.8 Å². The Balaban J connectivity index is 1.30. The van der Waals surface area contributed by atoms with Crippen molar-refractivity contribution in [3.05, 3.63) is 120 Å². The first-order valence-electron chi connectivity index (χ1n) is 14.2. The molecule has 0 saturated heterocycles. The summed E-state index contributed by atoms with van der Waals surface area (Å²) in [6.07, 6.45) is 3.32. The lowest BCUT2D eigenvalue weighted by Gasteiger charge is -2.12. The van der Waals surface area contributed by atoms with Crippen LogP contribution in [0, 0.1) is 6.92 Å². The molecule has 0 spiro atoms. The van der Waals surface area contributed by atoms with Gasteiger partial charge in [-0.15, -0.1) is 5.10 Å². The third-order valence-corrected chi connectivity index (χ3v) is 8.21. The molecule has 226 valence electrons. The Morgan fingerprint density at radius 1 is 0.955 bits per heavy atom. The van der Waals surface area contributed by atoms with Crippen molar-refractivity contribution in [3.8, 4) is 22.9 Å². The molecule has 10 nitrogen and oxygen atoms in total. The predicted molar refractivity (Wildman–Crippen MR) is 169 cm³/mol. The molecule has 5 rings (SSSR count). The molecule has 3 aromatic carbocycles. The lowest BCUT2D eigenvalue weighted by molar-refractivity contribution is 0.102. The summed E-state index contributed by atoms with van der Waals surface area (Å²) in [5, 5.41) is 7.44. The van der Waals surface area contributed by atoms with Crippen molar-refractivity contribution in [1.82, 2.24) is 14.8 Å². The fraction of sp³-hybridized carbons (Fsp3) is 0.182. The Hall–Kier alpha value is -4.76. The third kappa shape index (κ3) is 7.60. The fourth-order valence-corrected chi connectivity index (χ4v) is 5.58. The minimum atomic E-state index is -3.47. The summed E-state index contributed by atoms with van der Waals surface area (Å²) >= 11 is 0. The molecule has 2 aromatic heterocycles. The van der Waals surface area contributed by atoms with Crippen molar-refractivity contribution in [2.75, 3.05) is 18.5 Å². The Morgan fingerprint density at radius 2 is 1.61 bits per heavy atom. The Morgan fingerprint density at radius 3 is 2.27 bits per heavy atom. The highest BCUT2D eigenvalue weighted by molar-refractivity contribution is 7.57. The van der Waals surface area contributed by atoms with Crippen molar-refractivity contribution < 1.29 is 27.6 Å². The van der Waals surface area contributed by atoms with Gasteiger partial charge in [0.2, 0.25) is 5.89 Å². The van der Waals surface area contributed by atoms with E-state index in [1.54, 1.807) is 55.1 Å². The highest BCUT2D eigenvalue weighted by atomic mass is 31.2. The van der Waals surface area contributed by atoms with Crippen molar-refractivity contribution >= 4 is 25.4 Å². The molecule has 0 bridgehead atoms. The Labute approximate surface area is 255 Å².